The van der Waals surface area contributed by atoms with Gasteiger partial charge in [-0.2, -0.15) is 0 Å². The molecule has 6 rings (SSSR count). The summed E-state index contributed by atoms with van der Waals surface area (Å²) in [6.07, 6.45) is 1.94. The van der Waals surface area contributed by atoms with Crippen molar-refractivity contribution in [1.29, 1.82) is 0 Å². The van der Waals surface area contributed by atoms with Crippen LogP contribution in [0.4, 0.5) is 0 Å². The van der Waals surface area contributed by atoms with Crippen molar-refractivity contribution < 1.29 is 9.53 Å². The molecule has 0 spiro atoms. The molecule has 1 aliphatic rings. The molecule has 5 aromatic rings. The largest absolute Gasteiger partial charge is 0.463 e. The van der Waals surface area contributed by atoms with E-state index in [9.17, 15) is 9.59 Å². The van der Waals surface area contributed by atoms with Gasteiger partial charge in [-0.25, -0.2) is 9.79 Å². The number of aromatic nitrogens is 2. The number of esters is 1. The van der Waals surface area contributed by atoms with Crippen LogP contribution in [0.25, 0.3) is 28.2 Å². The van der Waals surface area contributed by atoms with Crippen molar-refractivity contribution in [2.24, 2.45) is 4.99 Å². The number of carbonyl (C=O) groups is 1. The lowest BCUT2D eigenvalue weighted by molar-refractivity contribution is -0.139. The molecule has 0 aliphatic carbocycles. The van der Waals surface area contributed by atoms with Gasteiger partial charge in [-0.3, -0.25) is 9.36 Å². The van der Waals surface area contributed by atoms with Crippen LogP contribution < -0.4 is 14.9 Å². The van der Waals surface area contributed by atoms with Gasteiger partial charge in [0.05, 0.1) is 28.1 Å². The van der Waals surface area contributed by atoms with Crippen LogP contribution in [0, 0.1) is 0 Å². The van der Waals surface area contributed by atoms with Crippen LogP contribution in [-0.2, 0) is 9.53 Å². The number of nitrogens with one attached hydrogen (secondary N) is 1. The van der Waals surface area contributed by atoms with E-state index in [2.05, 4.69) is 28.2 Å². The van der Waals surface area contributed by atoms with Gasteiger partial charge in [-0.05, 0) is 43.0 Å². The number of carbonyl (C=O) groups excluding carboxylic acids is 1. The lowest BCUT2D eigenvalue weighted by Gasteiger charge is -2.23. The predicted molar refractivity (Wildman–Crippen MR) is 148 cm³/mol. The molecule has 6 nitrogen and oxygen atoms in total. The van der Waals surface area contributed by atoms with E-state index in [4.69, 9.17) is 4.74 Å². The van der Waals surface area contributed by atoms with Crippen LogP contribution in [0.5, 0.6) is 0 Å². The average Bonchev–Trinajstić information content (AvgIpc) is 3.63. The van der Waals surface area contributed by atoms with E-state index in [0.29, 0.717) is 20.6 Å². The molecule has 4 heterocycles. The van der Waals surface area contributed by atoms with Crippen molar-refractivity contribution in [2.75, 3.05) is 6.61 Å². The number of ether oxygens (including phenoxy) is 1. The Hall–Kier alpha value is -4.01. The number of hydrogen-bond acceptors (Lipinski definition) is 6. The van der Waals surface area contributed by atoms with E-state index in [1.54, 1.807) is 18.4 Å². The van der Waals surface area contributed by atoms with E-state index >= 15 is 0 Å². The van der Waals surface area contributed by atoms with E-state index < -0.39 is 12.0 Å². The van der Waals surface area contributed by atoms with Crippen molar-refractivity contribution in [3.63, 3.8) is 0 Å². The Morgan fingerprint density at radius 2 is 1.89 bits per heavy atom. The number of thiophene rings is 1. The number of nitrogens with zero attached hydrogens (tertiary/aromatic N) is 2. The van der Waals surface area contributed by atoms with Crippen molar-refractivity contribution in [1.82, 2.24) is 9.55 Å². The van der Waals surface area contributed by atoms with Gasteiger partial charge in [0.25, 0.3) is 5.56 Å². The first-order chi connectivity index (χ1) is 18.1. The second kappa shape index (κ2) is 9.46. The number of hydrogen-bond donors (Lipinski definition) is 1. The minimum Gasteiger partial charge on any atom is -0.463 e. The third kappa shape index (κ3) is 3.98. The molecule has 3 aromatic heterocycles. The quantitative estimate of drug-likeness (QED) is 0.328. The van der Waals surface area contributed by atoms with Crippen LogP contribution in [-0.4, -0.2) is 22.1 Å². The molecular formula is C29H23N3O3S2. The molecule has 0 bridgehead atoms. The molecule has 0 saturated heterocycles. The van der Waals surface area contributed by atoms with E-state index in [0.717, 1.165) is 32.6 Å². The molecule has 0 radical (unpaired) electrons. The molecule has 0 amide bonds. The summed E-state index contributed by atoms with van der Waals surface area (Å²) in [4.78, 5) is 36.6. The number of fused-ring (bicyclic) bond motifs is 2. The third-order valence-corrected chi connectivity index (χ3v) is 8.32. The van der Waals surface area contributed by atoms with E-state index in [1.807, 2.05) is 60.0 Å². The summed E-state index contributed by atoms with van der Waals surface area (Å²) in [5.74, 6) is -0.445. The Kier molecular flexibility index (Phi) is 5.98. The van der Waals surface area contributed by atoms with Gasteiger partial charge < -0.3 is 9.72 Å². The number of rotatable bonds is 5. The fourth-order valence-corrected chi connectivity index (χ4v) is 6.64. The molecule has 1 unspecified atom stereocenters. The fourth-order valence-electron chi connectivity index (χ4n) is 4.78. The van der Waals surface area contributed by atoms with Gasteiger partial charge in [0.2, 0.25) is 0 Å². The maximum atomic E-state index is 14.0. The highest BCUT2D eigenvalue weighted by Crippen LogP contribution is 2.34. The Labute approximate surface area is 220 Å². The summed E-state index contributed by atoms with van der Waals surface area (Å²) >= 11 is 2.84. The highest BCUT2D eigenvalue weighted by atomic mass is 32.1. The van der Waals surface area contributed by atoms with Crippen molar-refractivity contribution in [3.8, 4) is 11.3 Å². The SMILES string of the molecule is CCOC(=O)C1=C(C)N=c2sc(=Cc3c(-c4ccccc4)[nH]c4ccccc34)c(=O)n2C1c1cccs1. The predicted octanol–water partition coefficient (Wildman–Crippen LogP) is 5.01. The number of H-pyrrole nitrogens is 1. The maximum absolute atomic E-state index is 14.0. The minimum absolute atomic E-state index is 0.180. The Morgan fingerprint density at radius 3 is 2.65 bits per heavy atom. The van der Waals surface area contributed by atoms with Crippen LogP contribution >= 0.6 is 22.7 Å². The van der Waals surface area contributed by atoms with Crippen molar-refractivity contribution in [3.05, 3.63) is 114 Å². The third-order valence-electron chi connectivity index (χ3n) is 6.41. The average molecular weight is 526 g/mol. The van der Waals surface area contributed by atoms with Gasteiger partial charge in [0, 0.05) is 21.3 Å². The van der Waals surface area contributed by atoms with Crippen LogP contribution in [0.1, 0.15) is 30.3 Å². The monoisotopic (exact) mass is 525 g/mol. The normalized spacial score (nSPS) is 15.6. The molecule has 37 heavy (non-hydrogen) atoms. The first kappa shape index (κ1) is 23.4. The smallest absolute Gasteiger partial charge is 0.338 e. The Bertz CT molecular complexity index is 1840. The molecule has 1 aliphatic heterocycles. The maximum Gasteiger partial charge on any atom is 0.338 e. The molecule has 0 fully saturated rings. The number of benzene rings is 2. The molecule has 2 aromatic carbocycles. The van der Waals surface area contributed by atoms with Crippen LogP contribution in [0.3, 0.4) is 0 Å². The number of thiazole rings is 1. The Morgan fingerprint density at radius 1 is 1.11 bits per heavy atom. The van der Waals surface area contributed by atoms with Crippen LogP contribution in [0.2, 0.25) is 0 Å². The second-order valence-electron chi connectivity index (χ2n) is 8.64. The van der Waals surface area contributed by atoms with Gasteiger partial charge in [-0.1, -0.05) is 65.9 Å². The topological polar surface area (TPSA) is 76.4 Å². The van der Waals surface area contributed by atoms with Crippen molar-refractivity contribution >= 4 is 45.6 Å². The van der Waals surface area contributed by atoms with E-state index in [1.165, 1.54) is 22.7 Å². The summed E-state index contributed by atoms with van der Waals surface area (Å²) in [6.45, 7) is 3.83. The minimum atomic E-state index is -0.575. The fraction of sp³-hybridized carbons (Fsp3) is 0.138. The Balaban J connectivity index is 1.60. The molecule has 1 atom stereocenters. The number of aromatic amines is 1. The molecule has 184 valence electrons. The van der Waals surface area contributed by atoms with Crippen molar-refractivity contribution in [2.45, 2.75) is 19.9 Å². The van der Waals surface area contributed by atoms with Gasteiger partial charge in [-0.15, -0.1) is 11.3 Å². The van der Waals surface area contributed by atoms with Crippen LogP contribution in [0.15, 0.2) is 93.2 Å². The van der Waals surface area contributed by atoms with E-state index in [-0.39, 0.29) is 12.2 Å². The summed E-state index contributed by atoms with van der Waals surface area (Å²) in [6, 6.07) is 21.5. The summed E-state index contributed by atoms with van der Waals surface area (Å²) in [5.41, 5.74) is 4.72. The van der Waals surface area contributed by atoms with Gasteiger partial charge in [0.1, 0.15) is 6.04 Å². The molecular weight excluding hydrogens is 502 g/mol. The second-order valence-corrected chi connectivity index (χ2v) is 10.6. The summed E-state index contributed by atoms with van der Waals surface area (Å²) < 4.78 is 7.56. The molecule has 8 heteroatoms. The first-order valence-electron chi connectivity index (χ1n) is 12.0. The first-order valence-corrected chi connectivity index (χ1v) is 13.7. The summed E-state index contributed by atoms with van der Waals surface area (Å²) in [7, 11) is 0. The zero-order valence-corrected chi connectivity index (χ0v) is 21.9. The zero-order valence-electron chi connectivity index (χ0n) is 20.2. The number of para-hydroxylation sites is 1. The molecule has 1 N–H and O–H groups in total. The molecule has 0 saturated carbocycles. The lowest BCUT2D eigenvalue weighted by atomic mass is 10.0. The van der Waals surface area contributed by atoms with Gasteiger partial charge >= 0.3 is 5.97 Å². The summed E-state index contributed by atoms with van der Waals surface area (Å²) in [5, 5.41) is 2.98. The lowest BCUT2D eigenvalue weighted by Crippen LogP contribution is -2.39. The zero-order chi connectivity index (χ0) is 25.5. The highest BCUT2D eigenvalue weighted by Gasteiger charge is 2.34. The number of allylic oxidation sites excluding steroid dienone is 1. The van der Waals surface area contributed by atoms with Gasteiger partial charge in [0.15, 0.2) is 4.80 Å². The standard InChI is InChI=1S/C29H23N3O3S2/c1-3-35-28(34)24-17(2)30-29-32(26(24)22-14-9-15-36-22)27(33)23(37-29)16-20-19-12-7-8-13-21(19)31-25(20)18-10-5-4-6-11-18/h4-16,26,31H,3H2,1-2H3. The highest BCUT2D eigenvalue weighted by molar-refractivity contribution is 7.10.